The summed E-state index contributed by atoms with van der Waals surface area (Å²) in [6, 6.07) is 7.89. The number of amides is 1. The first-order valence-electron chi connectivity index (χ1n) is 5.27. The molecule has 98 valence electrons. The van der Waals surface area contributed by atoms with Crippen LogP contribution < -0.4 is 5.43 Å². The zero-order valence-electron chi connectivity index (χ0n) is 9.96. The number of carbonyl (C=O) groups excluding carboxylic acids is 1. The van der Waals surface area contributed by atoms with E-state index in [0.29, 0.717) is 5.69 Å². The Bertz CT molecular complexity index is 613. The van der Waals surface area contributed by atoms with Crippen molar-refractivity contribution in [3.63, 3.8) is 0 Å². The third-order valence-electron chi connectivity index (χ3n) is 2.13. The molecule has 0 atom stereocenters. The summed E-state index contributed by atoms with van der Waals surface area (Å²) in [5.41, 5.74) is 3.91. The van der Waals surface area contributed by atoms with Crippen LogP contribution >= 0.6 is 27.3 Å². The van der Waals surface area contributed by atoms with E-state index in [-0.39, 0.29) is 0 Å². The Morgan fingerprint density at radius 2 is 2.42 bits per heavy atom. The highest BCUT2D eigenvalue weighted by Gasteiger charge is 2.04. The number of thiazole rings is 1. The van der Waals surface area contributed by atoms with Crippen LogP contribution in [0.5, 0.6) is 0 Å². The molecule has 0 aliphatic heterocycles. The monoisotopic (exact) mass is 339 g/mol. The SMILES string of the molecule is COC(=O)N/N=C\c1csc(-c2cccc(Br)c2)n1. The van der Waals surface area contributed by atoms with Gasteiger partial charge in [0.15, 0.2) is 0 Å². The number of hydrogen-bond acceptors (Lipinski definition) is 5. The first kappa shape index (κ1) is 13.7. The van der Waals surface area contributed by atoms with Gasteiger partial charge in [0, 0.05) is 15.4 Å². The molecule has 1 heterocycles. The number of nitrogens with one attached hydrogen (secondary N) is 1. The van der Waals surface area contributed by atoms with E-state index in [4.69, 9.17) is 0 Å². The number of halogens is 1. The molecular formula is C12H10BrN3O2S. The van der Waals surface area contributed by atoms with Gasteiger partial charge in [-0.15, -0.1) is 11.3 Å². The number of methoxy groups -OCH3 is 1. The molecule has 1 amide bonds. The van der Waals surface area contributed by atoms with E-state index in [9.17, 15) is 4.79 Å². The van der Waals surface area contributed by atoms with Crippen LogP contribution in [0.3, 0.4) is 0 Å². The van der Waals surface area contributed by atoms with Gasteiger partial charge in [-0.2, -0.15) is 5.10 Å². The second kappa shape index (κ2) is 6.44. The number of benzene rings is 1. The first-order valence-corrected chi connectivity index (χ1v) is 6.95. The molecule has 0 bridgehead atoms. The summed E-state index contributed by atoms with van der Waals surface area (Å²) in [7, 11) is 1.28. The van der Waals surface area contributed by atoms with Crippen LogP contribution in [0.2, 0.25) is 0 Å². The van der Waals surface area contributed by atoms with Crippen LogP contribution in [-0.4, -0.2) is 24.4 Å². The molecule has 1 N–H and O–H groups in total. The minimum atomic E-state index is -0.612. The average molecular weight is 340 g/mol. The van der Waals surface area contributed by atoms with Gasteiger partial charge in [0.1, 0.15) is 5.01 Å². The van der Waals surface area contributed by atoms with E-state index >= 15 is 0 Å². The molecule has 19 heavy (non-hydrogen) atoms. The second-order valence-electron chi connectivity index (χ2n) is 3.45. The predicted molar refractivity (Wildman–Crippen MR) is 78.4 cm³/mol. The molecule has 0 radical (unpaired) electrons. The third-order valence-corrected chi connectivity index (χ3v) is 3.53. The fourth-order valence-electron chi connectivity index (χ4n) is 1.30. The van der Waals surface area contributed by atoms with Crippen molar-refractivity contribution >= 4 is 39.6 Å². The highest BCUT2D eigenvalue weighted by Crippen LogP contribution is 2.25. The van der Waals surface area contributed by atoms with E-state index in [2.05, 4.69) is 36.2 Å². The van der Waals surface area contributed by atoms with E-state index in [0.717, 1.165) is 15.0 Å². The predicted octanol–water partition coefficient (Wildman–Crippen LogP) is 3.26. The van der Waals surface area contributed by atoms with Gasteiger partial charge in [-0.25, -0.2) is 15.2 Å². The topological polar surface area (TPSA) is 63.6 Å². The lowest BCUT2D eigenvalue weighted by atomic mass is 10.2. The Morgan fingerprint density at radius 1 is 1.58 bits per heavy atom. The van der Waals surface area contributed by atoms with Crippen molar-refractivity contribution in [3.05, 3.63) is 39.8 Å². The molecular weight excluding hydrogens is 330 g/mol. The van der Waals surface area contributed by atoms with Crippen LogP contribution in [0.1, 0.15) is 5.69 Å². The fraction of sp³-hybridized carbons (Fsp3) is 0.0833. The maximum atomic E-state index is 10.8. The van der Waals surface area contributed by atoms with Gasteiger partial charge in [0.05, 0.1) is 19.0 Å². The lowest BCUT2D eigenvalue weighted by molar-refractivity contribution is 0.171. The summed E-state index contributed by atoms with van der Waals surface area (Å²) >= 11 is 4.93. The second-order valence-corrected chi connectivity index (χ2v) is 5.22. The molecule has 1 aromatic carbocycles. The van der Waals surface area contributed by atoms with Gasteiger partial charge < -0.3 is 4.74 Å². The highest BCUT2D eigenvalue weighted by molar-refractivity contribution is 9.10. The molecule has 5 nitrogen and oxygen atoms in total. The number of rotatable bonds is 3. The van der Waals surface area contributed by atoms with Crippen LogP contribution in [0.4, 0.5) is 4.79 Å². The van der Waals surface area contributed by atoms with Gasteiger partial charge >= 0.3 is 6.09 Å². The largest absolute Gasteiger partial charge is 0.452 e. The molecule has 2 aromatic rings. The average Bonchev–Trinajstić information content (AvgIpc) is 2.87. The Labute approximate surface area is 122 Å². The summed E-state index contributed by atoms with van der Waals surface area (Å²) in [5, 5.41) is 6.47. The normalized spacial score (nSPS) is 10.6. The van der Waals surface area contributed by atoms with E-state index in [1.807, 2.05) is 29.6 Å². The zero-order valence-corrected chi connectivity index (χ0v) is 12.4. The number of hydrogen-bond donors (Lipinski definition) is 1. The molecule has 0 saturated heterocycles. The highest BCUT2D eigenvalue weighted by atomic mass is 79.9. The zero-order chi connectivity index (χ0) is 13.7. The summed E-state index contributed by atoms with van der Waals surface area (Å²) in [6.45, 7) is 0. The number of aromatic nitrogens is 1. The number of nitrogens with zero attached hydrogens (tertiary/aromatic N) is 2. The standard InChI is InChI=1S/C12H10BrN3O2S/c1-18-12(17)16-14-6-10-7-19-11(15-10)8-3-2-4-9(13)5-8/h2-7H,1H3,(H,16,17)/b14-6-. The van der Waals surface area contributed by atoms with Crippen LogP contribution in [0.15, 0.2) is 39.2 Å². The van der Waals surface area contributed by atoms with Crippen molar-refractivity contribution in [2.24, 2.45) is 5.10 Å². The smallest absolute Gasteiger partial charge is 0.427 e. The number of carbonyl (C=O) groups is 1. The minimum Gasteiger partial charge on any atom is -0.452 e. The molecule has 1 aromatic heterocycles. The third kappa shape index (κ3) is 3.87. The van der Waals surface area contributed by atoms with Crippen molar-refractivity contribution in [1.29, 1.82) is 0 Å². The van der Waals surface area contributed by atoms with Gasteiger partial charge in [0.25, 0.3) is 0 Å². The molecule has 0 spiro atoms. The van der Waals surface area contributed by atoms with Crippen molar-refractivity contribution in [1.82, 2.24) is 10.4 Å². The quantitative estimate of drug-likeness (QED) is 0.689. The van der Waals surface area contributed by atoms with E-state index in [1.54, 1.807) is 0 Å². The molecule has 7 heteroatoms. The maximum absolute atomic E-state index is 10.8. The maximum Gasteiger partial charge on any atom is 0.427 e. The molecule has 0 aliphatic carbocycles. The summed E-state index contributed by atoms with van der Waals surface area (Å²) < 4.78 is 5.39. The molecule has 2 rings (SSSR count). The Hall–Kier alpha value is -1.73. The van der Waals surface area contributed by atoms with Gasteiger partial charge in [0.2, 0.25) is 0 Å². The minimum absolute atomic E-state index is 0.612. The first-order chi connectivity index (χ1) is 9.19. The Kier molecular flexibility index (Phi) is 4.64. The lowest BCUT2D eigenvalue weighted by Gasteiger charge is -1.96. The van der Waals surface area contributed by atoms with Crippen LogP contribution in [0.25, 0.3) is 10.6 Å². The number of hydrazone groups is 1. The van der Waals surface area contributed by atoms with E-state index < -0.39 is 6.09 Å². The van der Waals surface area contributed by atoms with E-state index in [1.165, 1.54) is 24.7 Å². The van der Waals surface area contributed by atoms with Gasteiger partial charge in [-0.1, -0.05) is 28.1 Å². The molecule has 0 unspecified atom stereocenters. The van der Waals surface area contributed by atoms with Crippen molar-refractivity contribution in [2.75, 3.05) is 7.11 Å². The molecule has 0 fully saturated rings. The van der Waals surface area contributed by atoms with Gasteiger partial charge in [-0.05, 0) is 12.1 Å². The summed E-state index contributed by atoms with van der Waals surface area (Å²) in [4.78, 5) is 15.2. The van der Waals surface area contributed by atoms with Crippen molar-refractivity contribution < 1.29 is 9.53 Å². The van der Waals surface area contributed by atoms with Crippen LogP contribution in [0, 0.1) is 0 Å². The Morgan fingerprint density at radius 3 is 3.16 bits per heavy atom. The summed E-state index contributed by atoms with van der Waals surface area (Å²) in [5.74, 6) is 0. The van der Waals surface area contributed by atoms with Gasteiger partial charge in [-0.3, -0.25) is 0 Å². The Balaban J connectivity index is 2.09. The summed E-state index contributed by atoms with van der Waals surface area (Å²) in [6.07, 6.45) is 0.855. The fourth-order valence-corrected chi connectivity index (χ4v) is 2.46. The van der Waals surface area contributed by atoms with Crippen molar-refractivity contribution in [3.8, 4) is 10.6 Å². The lowest BCUT2D eigenvalue weighted by Crippen LogP contribution is -2.16. The van der Waals surface area contributed by atoms with Crippen LogP contribution in [-0.2, 0) is 4.74 Å². The van der Waals surface area contributed by atoms with Crippen molar-refractivity contribution in [2.45, 2.75) is 0 Å². The molecule has 0 saturated carbocycles. The molecule has 0 aliphatic rings. The number of ether oxygens (including phenoxy) is 1.